The van der Waals surface area contributed by atoms with E-state index in [1.807, 2.05) is 6.07 Å². The molecule has 0 atom stereocenters. The predicted octanol–water partition coefficient (Wildman–Crippen LogP) is 0.741. The van der Waals surface area contributed by atoms with E-state index in [2.05, 4.69) is 15.2 Å². The number of para-hydroxylation sites is 1. The third kappa shape index (κ3) is 4.13. The van der Waals surface area contributed by atoms with Gasteiger partial charge in [0.1, 0.15) is 0 Å². The standard InChI is InChI=1S/C21H22N4O4/c26-19(22-8-9-24-10-12-29-13-11-24)15-6-7-17-18(14-15)23-21(28)25(20(17)27)16-4-2-1-3-5-16/h1-7,14H,8-13H2,(H,22,26)(H,23,28). The number of rotatable bonds is 5. The number of hydrogen-bond acceptors (Lipinski definition) is 5. The van der Waals surface area contributed by atoms with Crippen LogP contribution < -0.4 is 16.6 Å². The first-order valence-electron chi connectivity index (χ1n) is 9.56. The minimum Gasteiger partial charge on any atom is -0.379 e. The third-order valence-electron chi connectivity index (χ3n) is 4.99. The molecule has 0 bridgehead atoms. The smallest absolute Gasteiger partial charge is 0.333 e. The summed E-state index contributed by atoms with van der Waals surface area (Å²) in [6.07, 6.45) is 0. The van der Waals surface area contributed by atoms with E-state index in [9.17, 15) is 14.4 Å². The van der Waals surface area contributed by atoms with Crippen LogP contribution in [0.4, 0.5) is 0 Å². The van der Waals surface area contributed by atoms with Crippen LogP contribution in [0.5, 0.6) is 0 Å². The molecule has 0 aliphatic carbocycles. The van der Waals surface area contributed by atoms with Crippen LogP contribution >= 0.6 is 0 Å². The molecule has 0 saturated carbocycles. The van der Waals surface area contributed by atoms with Gasteiger partial charge < -0.3 is 15.0 Å². The van der Waals surface area contributed by atoms with E-state index >= 15 is 0 Å². The molecule has 2 N–H and O–H groups in total. The van der Waals surface area contributed by atoms with Gasteiger partial charge in [-0.2, -0.15) is 0 Å². The number of carbonyl (C=O) groups is 1. The maximum Gasteiger partial charge on any atom is 0.333 e. The monoisotopic (exact) mass is 394 g/mol. The highest BCUT2D eigenvalue weighted by molar-refractivity contribution is 5.97. The SMILES string of the molecule is O=C(NCCN1CCOCC1)c1ccc2c(=O)n(-c3ccccc3)c(=O)[nH]c2c1. The maximum absolute atomic E-state index is 12.8. The van der Waals surface area contributed by atoms with E-state index in [1.54, 1.807) is 36.4 Å². The van der Waals surface area contributed by atoms with E-state index in [-0.39, 0.29) is 5.91 Å². The lowest BCUT2D eigenvalue weighted by molar-refractivity contribution is 0.0383. The second kappa shape index (κ2) is 8.42. The zero-order chi connectivity index (χ0) is 20.2. The summed E-state index contributed by atoms with van der Waals surface area (Å²) in [6, 6.07) is 13.4. The van der Waals surface area contributed by atoms with Crippen LogP contribution in [0.15, 0.2) is 58.1 Å². The Balaban J connectivity index is 1.54. The highest BCUT2D eigenvalue weighted by Gasteiger charge is 2.13. The van der Waals surface area contributed by atoms with Crippen molar-refractivity contribution in [3.05, 3.63) is 74.9 Å². The molecular weight excluding hydrogens is 372 g/mol. The first-order chi connectivity index (χ1) is 14.1. The van der Waals surface area contributed by atoms with Crippen molar-refractivity contribution in [3.8, 4) is 5.69 Å². The first-order valence-corrected chi connectivity index (χ1v) is 9.56. The van der Waals surface area contributed by atoms with E-state index in [0.29, 0.717) is 41.9 Å². The molecule has 4 rings (SSSR count). The number of hydrogen-bond donors (Lipinski definition) is 2. The van der Waals surface area contributed by atoms with Crippen LogP contribution in [0.25, 0.3) is 16.6 Å². The zero-order valence-electron chi connectivity index (χ0n) is 15.9. The van der Waals surface area contributed by atoms with E-state index in [0.717, 1.165) is 24.2 Å². The van der Waals surface area contributed by atoms with Gasteiger partial charge in [-0.1, -0.05) is 18.2 Å². The Morgan fingerprint density at radius 1 is 1.07 bits per heavy atom. The summed E-state index contributed by atoms with van der Waals surface area (Å²) in [5.41, 5.74) is 0.262. The normalized spacial score (nSPS) is 14.8. The molecular formula is C21H22N4O4. The number of nitrogens with zero attached hydrogens (tertiary/aromatic N) is 2. The zero-order valence-corrected chi connectivity index (χ0v) is 15.9. The lowest BCUT2D eigenvalue weighted by Crippen LogP contribution is -2.41. The molecule has 1 aliphatic rings. The number of nitrogens with one attached hydrogen (secondary N) is 2. The largest absolute Gasteiger partial charge is 0.379 e. The molecule has 29 heavy (non-hydrogen) atoms. The minimum atomic E-state index is -0.543. The number of H-pyrrole nitrogens is 1. The average molecular weight is 394 g/mol. The van der Waals surface area contributed by atoms with Gasteiger partial charge in [0.15, 0.2) is 0 Å². The Labute approximate surface area is 166 Å². The predicted molar refractivity (Wildman–Crippen MR) is 110 cm³/mol. The van der Waals surface area contributed by atoms with Crippen molar-refractivity contribution in [2.24, 2.45) is 0 Å². The van der Waals surface area contributed by atoms with Crippen molar-refractivity contribution in [1.29, 1.82) is 0 Å². The van der Waals surface area contributed by atoms with Gasteiger partial charge in [-0.05, 0) is 30.3 Å². The molecule has 150 valence electrons. The average Bonchev–Trinajstić information content (AvgIpc) is 2.75. The number of morpholine rings is 1. The van der Waals surface area contributed by atoms with Gasteiger partial charge in [0, 0.05) is 31.7 Å². The van der Waals surface area contributed by atoms with Crippen molar-refractivity contribution in [2.45, 2.75) is 0 Å². The topological polar surface area (TPSA) is 96.4 Å². The van der Waals surface area contributed by atoms with Crippen molar-refractivity contribution in [2.75, 3.05) is 39.4 Å². The third-order valence-corrected chi connectivity index (χ3v) is 4.99. The summed E-state index contributed by atoms with van der Waals surface area (Å²) in [5.74, 6) is -0.242. The Hall–Kier alpha value is -3.23. The highest BCUT2D eigenvalue weighted by atomic mass is 16.5. The molecule has 8 nitrogen and oxygen atoms in total. The number of aromatic amines is 1. The van der Waals surface area contributed by atoms with Gasteiger partial charge in [0.05, 0.1) is 29.8 Å². The summed E-state index contributed by atoms with van der Waals surface area (Å²) in [4.78, 5) is 42.7. The number of aromatic nitrogens is 2. The van der Waals surface area contributed by atoms with Gasteiger partial charge in [-0.3, -0.25) is 14.5 Å². The molecule has 1 aromatic heterocycles. The van der Waals surface area contributed by atoms with E-state index in [1.165, 1.54) is 6.07 Å². The lowest BCUT2D eigenvalue weighted by atomic mass is 10.1. The molecule has 0 spiro atoms. The van der Waals surface area contributed by atoms with Crippen molar-refractivity contribution < 1.29 is 9.53 Å². The number of benzene rings is 2. The van der Waals surface area contributed by atoms with E-state index < -0.39 is 11.2 Å². The molecule has 2 aromatic carbocycles. The summed E-state index contributed by atoms with van der Waals surface area (Å²) >= 11 is 0. The molecule has 0 radical (unpaired) electrons. The van der Waals surface area contributed by atoms with Crippen molar-refractivity contribution in [1.82, 2.24) is 19.8 Å². The molecule has 1 amide bonds. The van der Waals surface area contributed by atoms with Gasteiger partial charge in [-0.25, -0.2) is 9.36 Å². The highest BCUT2D eigenvalue weighted by Crippen LogP contribution is 2.11. The van der Waals surface area contributed by atoms with Crippen LogP contribution in [-0.2, 0) is 4.74 Å². The van der Waals surface area contributed by atoms with Crippen LogP contribution in [-0.4, -0.2) is 59.8 Å². The number of fused-ring (bicyclic) bond motifs is 1. The second-order valence-electron chi connectivity index (χ2n) is 6.88. The van der Waals surface area contributed by atoms with Gasteiger partial charge in [0.2, 0.25) is 0 Å². The van der Waals surface area contributed by atoms with Gasteiger partial charge >= 0.3 is 5.69 Å². The maximum atomic E-state index is 12.8. The van der Waals surface area contributed by atoms with Crippen LogP contribution in [0.2, 0.25) is 0 Å². The second-order valence-corrected chi connectivity index (χ2v) is 6.88. The van der Waals surface area contributed by atoms with Crippen molar-refractivity contribution >= 4 is 16.8 Å². The fourth-order valence-electron chi connectivity index (χ4n) is 3.43. The summed E-state index contributed by atoms with van der Waals surface area (Å²) in [6.45, 7) is 4.42. The fraction of sp³-hybridized carbons (Fsp3) is 0.286. The summed E-state index contributed by atoms with van der Waals surface area (Å²) < 4.78 is 6.40. The van der Waals surface area contributed by atoms with Gasteiger partial charge in [-0.15, -0.1) is 0 Å². The number of amides is 1. The number of ether oxygens (including phenoxy) is 1. The summed E-state index contributed by atoms with van der Waals surface area (Å²) in [5, 5.41) is 3.23. The van der Waals surface area contributed by atoms with E-state index in [4.69, 9.17) is 4.74 Å². The van der Waals surface area contributed by atoms with Crippen LogP contribution in [0.3, 0.4) is 0 Å². The quantitative estimate of drug-likeness (QED) is 0.666. The molecule has 8 heteroatoms. The lowest BCUT2D eigenvalue weighted by Gasteiger charge is -2.26. The van der Waals surface area contributed by atoms with Crippen molar-refractivity contribution in [3.63, 3.8) is 0 Å². The molecule has 1 saturated heterocycles. The molecule has 0 unspecified atom stereocenters. The minimum absolute atomic E-state index is 0.242. The Bertz CT molecular complexity index is 1130. The Morgan fingerprint density at radius 2 is 1.83 bits per heavy atom. The van der Waals surface area contributed by atoms with Crippen LogP contribution in [0, 0.1) is 0 Å². The molecule has 1 fully saturated rings. The Morgan fingerprint density at radius 3 is 2.59 bits per heavy atom. The molecule has 1 aliphatic heterocycles. The number of carbonyl (C=O) groups excluding carboxylic acids is 1. The first kappa shape index (κ1) is 19.1. The van der Waals surface area contributed by atoms with Gasteiger partial charge in [0.25, 0.3) is 11.5 Å². The Kier molecular flexibility index (Phi) is 5.55. The fourth-order valence-corrected chi connectivity index (χ4v) is 3.43. The molecule has 2 heterocycles. The molecule has 3 aromatic rings. The van der Waals surface area contributed by atoms with Crippen LogP contribution in [0.1, 0.15) is 10.4 Å². The summed E-state index contributed by atoms with van der Waals surface area (Å²) in [7, 11) is 0.